The van der Waals surface area contributed by atoms with Gasteiger partial charge in [-0.15, -0.1) is 0 Å². The standard InChI is InChI=1S/C17H16Cl2F3NO3/c1-23(8-17(20,21)22)7-10-11(18)6-5-9(15(10)19)16(26)14-12(24)3-2-4-13(14)25/h5-6,24H,2-4,7-8H2,1H3. The maximum Gasteiger partial charge on any atom is 0.401 e. The SMILES string of the molecule is CN(Cc1c(Cl)ccc(C(=O)C2=C(O)CCCC2=O)c1Cl)CC(F)(F)F. The van der Waals surface area contributed by atoms with E-state index < -0.39 is 24.3 Å². The van der Waals surface area contributed by atoms with Crippen molar-refractivity contribution in [2.45, 2.75) is 32.0 Å². The molecule has 4 nitrogen and oxygen atoms in total. The summed E-state index contributed by atoms with van der Waals surface area (Å²) in [5.74, 6) is -1.54. The van der Waals surface area contributed by atoms with Crippen LogP contribution in [0.25, 0.3) is 0 Å². The minimum Gasteiger partial charge on any atom is -0.511 e. The normalized spacial score (nSPS) is 15.7. The maximum atomic E-state index is 12.7. The summed E-state index contributed by atoms with van der Waals surface area (Å²) in [4.78, 5) is 25.6. The van der Waals surface area contributed by atoms with Gasteiger partial charge in [-0.3, -0.25) is 14.5 Å². The lowest BCUT2D eigenvalue weighted by Gasteiger charge is -2.21. The first-order valence-corrected chi connectivity index (χ1v) is 8.49. The molecule has 0 fully saturated rings. The van der Waals surface area contributed by atoms with Crippen molar-refractivity contribution in [2.75, 3.05) is 13.6 Å². The number of nitrogens with zero attached hydrogens (tertiary/aromatic N) is 1. The first-order valence-electron chi connectivity index (χ1n) is 7.73. The summed E-state index contributed by atoms with van der Waals surface area (Å²) in [7, 11) is 1.24. The molecule has 1 aromatic carbocycles. The molecule has 0 bridgehead atoms. The second-order valence-electron chi connectivity index (χ2n) is 6.10. The molecule has 142 valence electrons. The van der Waals surface area contributed by atoms with Crippen LogP contribution in [0.1, 0.15) is 35.2 Å². The van der Waals surface area contributed by atoms with Gasteiger partial charge in [0.05, 0.1) is 11.6 Å². The van der Waals surface area contributed by atoms with E-state index in [0.29, 0.717) is 6.42 Å². The van der Waals surface area contributed by atoms with E-state index in [2.05, 4.69) is 0 Å². The predicted octanol–water partition coefficient (Wildman–Crippen LogP) is 4.74. The van der Waals surface area contributed by atoms with Crippen molar-refractivity contribution in [3.8, 4) is 0 Å². The van der Waals surface area contributed by atoms with Gasteiger partial charge in [-0.05, 0) is 25.6 Å². The largest absolute Gasteiger partial charge is 0.511 e. The molecular formula is C17H16Cl2F3NO3. The summed E-state index contributed by atoms with van der Waals surface area (Å²) in [6, 6.07) is 2.63. The fraction of sp³-hybridized carbons (Fsp3) is 0.412. The molecule has 1 aliphatic carbocycles. The highest BCUT2D eigenvalue weighted by molar-refractivity contribution is 6.40. The first-order chi connectivity index (χ1) is 12.0. The monoisotopic (exact) mass is 409 g/mol. The van der Waals surface area contributed by atoms with E-state index in [4.69, 9.17) is 23.2 Å². The number of carbonyl (C=O) groups excluding carboxylic acids is 2. The van der Waals surface area contributed by atoms with Gasteiger partial charge in [0.1, 0.15) is 11.3 Å². The Balaban J connectivity index is 2.37. The highest BCUT2D eigenvalue weighted by atomic mass is 35.5. The van der Waals surface area contributed by atoms with E-state index in [9.17, 15) is 27.9 Å². The summed E-state index contributed by atoms with van der Waals surface area (Å²) in [6.45, 7) is -1.42. The highest BCUT2D eigenvalue weighted by Crippen LogP contribution is 2.33. The topological polar surface area (TPSA) is 57.6 Å². The van der Waals surface area contributed by atoms with Gasteiger partial charge in [-0.25, -0.2) is 0 Å². The van der Waals surface area contributed by atoms with Gasteiger partial charge < -0.3 is 5.11 Å². The number of halogens is 5. The maximum absolute atomic E-state index is 12.7. The van der Waals surface area contributed by atoms with Crippen molar-refractivity contribution in [2.24, 2.45) is 0 Å². The minimum absolute atomic E-state index is 0.0803. The van der Waals surface area contributed by atoms with Crippen LogP contribution in [0.3, 0.4) is 0 Å². The van der Waals surface area contributed by atoms with Crippen molar-refractivity contribution >= 4 is 34.8 Å². The Bertz CT molecular complexity index is 775. The molecular weight excluding hydrogens is 394 g/mol. The van der Waals surface area contributed by atoms with Gasteiger partial charge in [0.15, 0.2) is 5.78 Å². The lowest BCUT2D eigenvalue weighted by molar-refractivity contribution is -0.144. The van der Waals surface area contributed by atoms with E-state index in [1.807, 2.05) is 0 Å². The van der Waals surface area contributed by atoms with E-state index in [0.717, 1.165) is 4.90 Å². The molecule has 0 amide bonds. The average molecular weight is 410 g/mol. The molecule has 0 saturated heterocycles. The third kappa shape index (κ3) is 4.78. The smallest absolute Gasteiger partial charge is 0.401 e. The predicted molar refractivity (Wildman–Crippen MR) is 91.7 cm³/mol. The summed E-state index contributed by atoms with van der Waals surface area (Å²) >= 11 is 12.2. The summed E-state index contributed by atoms with van der Waals surface area (Å²) in [5.41, 5.74) is -0.257. The van der Waals surface area contributed by atoms with E-state index >= 15 is 0 Å². The van der Waals surface area contributed by atoms with Crippen LogP contribution in [-0.2, 0) is 11.3 Å². The Morgan fingerprint density at radius 3 is 2.50 bits per heavy atom. The number of ketones is 2. The molecule has 0 spiro atoms. The molecule has 1 aliphatic rings. The molecule has 1 aromatic rings. The third-order valence-corrected chi connectivity index (χ3v) is 4.71. The zero-order valence-corrected chi connectivity index (χ0v) is 15.3. The van der Waals surface area contributed by atoms with Gasteiger partial charge >= 0.3 is 6.18 Å². The van der Waals surface area contributed by atoms with Crippen LogP contribution in [0.15, 0.2) is 23.5 Å². The van der Waals surface area contributed by atoms with E-state index in [-0.39, 0.29) is 51.9 Å². The highest BCUT2D eigenvalue weighted by Gasteiger charge is 2.31. The van der Waals surface area contributed by atoms with Crippen LogP contribution in [0.5, 0.6) is 0 Å². The molecule has 1 N–H and O–H groups in total. The van der Waals surface area contributed by atoms with Crippen molar-refractivity contribution in [1.82, 2.24) is 4.90 Å². The number of benzene rings is 1. The van der Waals surface area contributed by atoms with E-state index in [1.165, 1.54) is 19.2 Å². The molecule has 26 heavy (non-hydrogen) atoms. The van der Waals surface area contributed by atoms with Crippen LogP contribution in [0.2, 0.25) is 10.0 Å². The van der Waals surface area contributed by atoms with Crippen LogP contribution in [0, 0.1) is 0 Å². The second-order valence-corrected chi connectivity index (χ2v) is 6.89. The summed E-state index contributed by atoms with van der Waals surface area (Å²) in [6.07, 6.45) is -3.60. The molecule has 2 rings (SSSR count). The average Bonchev–Trinajstić information content (AvgIpc) is 2.49. The van der Waals surface area contributed by atoms with Crippen LogP contribution < -0.4 is 0 Å². The minimum atomic E-state index is -4.40. The number of hydrogen-bond donors (Lipinski definition) is 1. The van der Waals surface area contributed by atoms with Gasteiger partial charge in [0, 0.05) is 35.5 Å². The van der Waals surface area contributed by atoms with Crippen LogP contribution in [-0.4, -0.2) is 41.3 Å². The van der Waals surface area contributed by atoms with Crippen molar-refractivity contribution in [3.63, 3.8) is 0 Å². The van der Waals surface area contributed by atoms with Crippen molar-refractivity contribution < 1.29 is 27.9 Å². The molecule has 9 heteroatoms. The Morgan fingerprint density at radius 1 is 1.27 bits per heavy atom. The van der Waals surface area contributed by atoms with Crippen LogP contribution >= 0.6 is 23.2 Å². The summed E-state index contributed by atoms with van der Waals surface area (Å²) in [5, 5.41) is 9.87. The molecule has 0 saturated carbocycles. The number of aliphatic hydroxyl groups is 1. The zero-order chi connectivity index (χ0) is 19.6. The molecule has 0 atom stereocenters. The lowest BCUT2D eigenvalue weighted by Crippen LogP contribution is -2.30. The zero-order valence-electron chi connectivity index (χ0n) is 13.8. The van der Waals surface area contributed by atoms with Gasteiger partial charge in [0.2, 0.25) is 5.78 Å². The molecule has 0 aromatic heterocycles. The summed E-state index contributed by atoms with van der Waals surface area (Å²) < 4.78 is 37.5. The molecule has 0 aliphatic heterocycles. The molecule has 0 unspecified atom stereocenters. The Hall–Kier alpha value is -1.57. The van der Waals surface area contributed by atoms with Crippen molar-refractivity contribution in [1.29, 1.82) is 0 Å². The number of carbonyl (C=O) groups is 2. The number of hydrogen-bond acceptors (Lipinski definition) is 4. The third-order valence-electron chi connectivity index (χ3n) is 3.92. The van der Waals surface area contributed by atoms with Gasteiger partial charge in [-0.2, -0.15) is 13.2 Å². The number of alkyl halides is 3. The number of Topliss-reactive ketones (excluding diaryl/α,β-unsaturated/α-hetero) is 2. The number of allylic oxidation sites excluding steroid dienone is 2. The Kier molecular flexibility index (Phi) is 6.37. The van der Waals surface area contributed by atoms with E-state index in [1.54, 1.807) is 0 Å². The second kappa shape index (κ2) is 7.98. The Labute approximate surface area is 158 Å². The molecule has 0 heterocycles. The quantitative estimate of drug-likeness (QED) is 0.563. The fourth-order valence-electron chi connectivity index (χ4n) is 2.77. The first kappa shape index (κ1) is 20.7. The van der Waals surface area contributed by atoms with Crippen LogP contribution in [0.4, 0.5) is 13.2 Å². The number of rotatable bonds is 5. The van der Waals surface area contributed by atoms with Crippen molar-refractivity contribution in [3.05, 3.63) is 44.6 Å². The number of aliphatic hydroxyl groups excluding tert-OH is 1. The van der Waals surface area contributed by atoms with Gasteiger partial charge in [0.25, 0.3) is 0 Å². The molecule has 0 radical (unpaired) electrons. The lowest BCUT2D eigenvalue weighted by atomic mass is 9.90. The van der Waals surface area contributed by atoms with Gasteiger partial charge in [-0.1, -0.05) is 23.2 Å². The Morgan fingerprint density at radius 2 is 1.92 bits per heavy atom. The fourth-order valence-corrected chi connectivity index (χ4v) is 3.35.